The Bertz CT molecular complexity index is 571. The fourth-order valence-electron chi connectivity index (χ4n) is 2.94. The molecule has 152 valence electrons. The van der Waals surface area contributed by atoms with Gasteiger partial charge in [0.15, 0.2) is 5.96 Å². The lowest BCUT2D eigenvalue weighted by atomic mass is 10.0. The number of halogens is 1. The first-order valence-electron chi connectivity index (χ1n) is 9.65. The molecule has 1 amide bonds. The number of likely N-dealkylation sites (N-methyl/N-ethyl adjacent to an activating group) is 1. The molecule has 0 aromatic heterocycles. The van der Waals surface area contributed by atoms with Crippen molar-refractivity contribution < 1.29 is 4.79 Å². The second kappa shape index (κ2) is 12.8. The number of amides is 1. The number of benzene rings is 1. The number of unbranched alkanes of at least 4 members (excludes halogenated alkanes) is 1. The fraction of sp³-hybridized carbons (Fsp3) is 0.600. The molecule has 0 saturated carbocycles. The third kappa shape index (κ3) is 8.36. The molecule has 1 saturated heterocycles. The van der Waals surface area contributed by atoms with Crippen LogP contribution in [-0.2, 0) is 4.79 Å². The van der Waals surface area contributed by atoms with E-state index in [1.165, 1.54) is 5.69 Å². The van der Waals surface area contributed by atoms with Crippen LogP contribution in [0.15, 0.2) is 35.3 Å². The summed E-state index contributed by atoms with van der Waals surface area (Å²) >= 11 is 0. The van der Waals surface area contributed by atoms with Gasteiger partial charge in [0, 0.05) is 45.5 Å². The summed E-state index contributed by atoms with van der Waals surface area (Å²) in [5, 5.41) is 6.88. The molecule has 2 N–H and O–H groups in total. The van der Waals surface area contributed by atoms with Crippen molar-refractivity contribution in [1.29, 1.82) is 0 Å². The van der Waals surface area contributed by atoms with Crippen LogP contribution in [0.1, 0.15) is 32.6 Å². The minimum Gasteiger partial charge on any atom is -0.371 e. The highest BCUT2D eigenvalue weighted by Gasteiger charge is 2.20. The number of hydrogen-bond donors (Lipinski definition) is 2. The minimum absolute atomic E-state index is 0. The van der Waals surface area contributed by atoms with Gasteiger partial charge in [-0.05, 0) is 31.4 Å². The zero-order valence-corrected chi connectivity index (χ0v) is 19.1. The Balaban J connectivity index is 0.00000364. The predicted molar refractivity (Wildman–Crippen MR) is 124 cm³/mol. The van der Waals surface area contributed by atoms with E-state index in [9.17, 15) is 4.79 Å². The summed E-state index contributed by atoms with van der Waals surface area (Å²) in [7, 11) is 3.52. The van der Waals surface area contributed by atoms with Gasteiger partial charge in [0.2, 0.25) is 5.91 Å². The summed E-state index contributed by atoms with van der Waals surface area (Å²) in [6.07, 6.45) is 4.34. The maximum atomic E-state index is 11.8. The van der Waals surface area contributed by atoms with Gasteiger partial charge in [0.1, 0.15) is 6.54 Å². The molecule has 0 aliphatic carbocycles. The van der Waals surface area contributed by atoms with Gasteiger partial charge in [-0.1, -0.05) is 31.5 Å². The third-order valence-corrected chi connectivity index (χ3v) is 4.65. The van der Waals surface area contributed by atoms with Crippen molar-refractivity contribution in [3.63, 3.8) is 0 Å². The van der Waals surface area contributed by atoms with Crippen molar-refractivity contribution in [2.75, 3.05) is 45.2 Å². The zero-order valence-electron chi connectivity index (χ0n) is 16.8. The van der Waals surface area contributed by atoms with Crippen molar-refractivity contribution in [1.82, 2.24) is 15.5 Å². The van der Waals surface area contributed by atoms with Gasteiger partial charge in [-0.25, -0.2) is 4.99 Å². The van der Waals surface area contributed by atoms with Gasteiger partial charge in [-0.3, -0.25) is 4.79 Å². The molecule has 0 spiro atoms. The molecule has 2 rings (SSSR count). The van der Waals surface area contributed by atoms with E-state index in [0.717, 1.165) is 51.3 Å². The Morgan fingerprint density at radius 1 is 1.22 bits per heavy atom. The SMILES string of the molecule is CCCCNC(=NCC(=O)N(C)C)NC1CCN(c2ccccc2)CC1.I. The zero-order chi connectivity index (χ0) is 18.8. The number of nitrogens with one attached hydrogen (secondary N) is 2. The molecule has 0 atom stereocenters. The van der Waals surface area contributed by atoms with Crippen molar-refractivity contribution >= 4 is 41.5 Å². The fourth-order valence-corrected chi connectivity index (χ4v) is 2.94. The number of guanidine groups is 1. The van der Waals surface area contributed by atoms with E-state index in [1.807, 2.05) is 0 Å². The molecule has 1 aliphatic heterocycles. The summed E-state index contributed by atoms with van der Waals surface area (Å²) in [5.74, 6) is 0.771. The van der Waals surface area contributed by atoms with Crippen molar-refractivity contribution in [3.8, 4) is 0 Å². The lowest BCUT2D eigenvalue weighted by Gasteiger charge is -2.34. The Labute approximate surface area is 180 Å². The van der Waals surface area contributed by atoms with Crippen LogP contribution >= 0.6 is 24.0 Å². The minimum atomic E-state index is 0. The molecule has 27 heavy (non-hydrogen) atoms. The third-order valence-electron chi connectivity index (χ3n) is 4.65. The van der Waals surface area contributed by atoms with E-state index in [4.69, 9.17) is 0 Å². The number of aliphatic imine (C=N–C) groups is 1. The monoisotopic (exact) mass is 487 g/mol. The van der Waals surface area contributed by atoms with Crippen LogP contribution in [0.25, 0.3) is 0 Å². The average Bonchev–Trinajstić information content (AvgIpc) is 2.67. The molecule has 1 fully saturated rings. The molecule has 1 heterocycles. The first-order valence-corrected chi connectivity index (χ1v) is 9.65. The topological polar surface area (TPSA) is 60.0 Å². The number of carbonyl (C=O) groups excluding carboxylic acids is 1. The highest BCUT2D eigenvalue weighted by molar-refractivity contribution is 14.0. The van der Waals surface area contributed by atoms with Crippen LogP contribution in [0, 0.1) is 0 Å². The van der Waals surface area contributed by atoms with E-state index in [1.54, 1.807) is 19.0 Å². The van der Waals surface area contributed by atoms with Gasteiger partial charge in [-0.2, -0.15) is 0 Å². The lowest BCUT2D eigenvalue weighted by molar-refractivity contribution is -0.127. The van der Waals surface area contributed by atoms with E-state index >= 15 is 0 Å². The average molecular weight is 487 g/mol. The summed E-state index contributed by atoms with van der Waals surface area (Å²) in [6, 6.07) is 10.9. The molecule has 1 aromatic rings. The van der Waals surface area contributed by atoms with Gasteiger partial charge in [0.05, 0.1) is 0 Å². The summed E-state index contributed by atoms with van der Waals surface area (Å²) in [6.45, 7) is 5.28. The number of carbonyl (C=O) groups is 1. The van der Waals surface area contributed by atoms with Crippen LogP contribution < -0.4 is 15.5 Å². The van der Waals surface area contributed by atoms with Crippen LogP contribution in [0.5, 0.6) is 0 Å². The number of anilines is 1. The Hall–Kier alpha value is -1.51. The molecule has 1 aliphatic rings. The molecule has 6 nitrogen and oxygen atoms in total. The number of rotatable bonds is 7. The molecule has 7 heteroatoms. The highest BCUT2D eigenvalue weighted by Crippen LogP contribution is 2.19. The standard InChI is InChI=1S/C20H33N5O.HI/c1-4-5-13-21-20(22-16-19(26)24(2)3)23-17-11-14-25(15-12-17)18-9-7-6-8-10-18;/h6-10,17H,4-5,11-16H2,1-3H3,(H2,21,22,23);1H. The number of piperidine rings is 1. The normalized spacial score (nSPS) is 15.1. The second-order valence-corrected chi connectivity index (χ2v) is 6.97. The highest BCUT2D eigenvalue weighted by atomic mass is 127. The van der Waals surface area contributed by atoms with E-state index < -0.39 is 0 Å². The molecular formula is C20H34IN5O. The van der Waals surface area contributed by atoms with E-state index in [0.29, 0.717) is 6.04 Å². The van der Waals surface area contributed by atoms with Gasteiger partial charge in [-0.15, -0.1) is 24.0 Å². The second-order valence-electron chi connectivity index (χ2n) is 6.97. The predicted octanol–water partition coefficient (Wildman–Crippen LogP) is 2.70. The quantitative estimate of drug-likeness (QED) is 0.269. The number of nitrogens with zero attached hydrogens (tertiary/aromatic N) is 3. The van der Waals surface area contributed by atoms with Crippen LogP contribution in [-0.4, -0.2) is 63.1 Å². The molecular weight excluding hydrogens is 453 g/mol. The van der Waals surface area contributed by atoms with Gasteiger partial charge in [0.25, 0.3) is 0 Å². The number of para-hydroxylation sites is 1. The lowest BCUT2D eigenvalue weighted by Crippen LogP contribution is -2.49. The molecule has 1 aromatic carbocycles. The van der Waals surface area contributed by atoms with Crippen LogP contribution in [0.4, 0.5) is 5.69 Å². The largest absolute Gasteiger partial charge is 0.371 e. The smallest absolute Gasteiger partial charge is 0.243 e. The van der Waals surface area contributed by atoms with Crippen LogP contribution in [0.3, 0.4) is 0 Å². The summed E-state index contributed by atoms with van der Waals surface area (Å²) < 4.78 is 0. The number of hydrogen-bond acceptors (Lipinski definition) is 3. The van der Waals surface area contributed by atoms with Crippen molar-refractivity contribution in [3.05, 3.63) is 30.3 Å². The van der Waals surface area contributed by atoms with Crippen molar-refractivity contribution in [2.45, 2.75) is 38.6 Å². The summed E-state index contributed by atoms with van der Waals surface area (Å²) in [5.41, 5.74) is 1.29. The van der Waals surface area contributed by atoms with Crippen LogP contribution in [0.2, 0.25) is 0 Å². The van der Waals surface area contributed by atoms with Crippen molar-refractivity contribution in [2.24, 2.45) is 4.99 Å². The van der Waals surface area contributed by atoms with Gasteiger partial charge < -0.3 is 20.4 Å². The Morgan fingerprint density at radius 2 is 1.89 bits per heavy atom. The molecule has 0 bridgehead atoms. The molecule has 0 unspecified atom stereocenters. The first-order chi connectivity index (χ1) is 12.6. The summed E-state index contributed by atoms with van der Waals surface area (Å²) in [4.78, 5) is 20.3. The van der Waals surface area contributed by atoms with E-state index in [2.05, 4.69) is 57.8 Å². The van der Waals surface area contributed by atoms with Gasteiger partial charge >= 0.3 is 0 Å². The van der Waals surface area contributed by atoms with E-state index in [-0.39, 0.29) is 36.4 Å². The molecule has 0 radical (unpaired) electrons. The maximum Gasteiger partial charge on any atom is 0.243 e. The maximum absolute atomic E-state index is 11.8. The Kier molecular flexibility index (Phi) is 11.2. The Morgan fingerprint density at radius 3 is 2.48 bits per heavy atom. The first kappa shape index (κ1) is 23.5.